The van der Waals surface area contributed by atoms with E-state index in [0.29, 0.717) is 25.8 Å². The van der Waals surface area contributed by atoms with Crippen LogP contribution in [-0.4, -0.2) is 28.4 Å². The molecule has 2 aromatic carbocycles. The van der Waals surface area contributed by atoms with Crippen molar-refractivity contribution >= 4 is 50.9 Å². The van der Waals surface area contributed by atoms with Crippen LogP contribution >= 0.6 is 39.1 Å². The maximum atomic E-state index is 15.8. The summed E-state index contributed by atoms with van der Waals surface area (Å²) in [7, 11) is 0. The van der Waals surface area contributed by atoms with Gasteiger partial charge in [0.1, 0.15) is 12.5 Å². The van der Waals surface area contributed by atoms with Gasteiger partial charge in [0.05, 0.1) is 27.9 Å². The van der Waals surface area contributed by atoms with Crippen LogP contribution in [0.3, 0.4) is 0 Å². The van der Waals surface area contributed by atoms with E-state index in [1.165, 1.54) is 17.2 Å². The van der Waals surface area contributed by atoms with Crippen LogP contribution in [-0.2, 0) is 15.3 Å². The Labute approximate surface area is 225 Å². The van der Waals surface area contributed by atoms with Crippen LogP contribution < -0.4 is 5.32 Å². The highest BCUT2D eigenvalue weighted by molar-refractivity contribution is 9.10. The third-order valence-corrected chi connectivity index (χ3v) is 7.39. The molecule has 1 aliphatic carbocycles. The molecule has 2 aliphatic rings. The highest BCUT2D eigenvalue weighted by atomic mass is 79.9. The second-order valence-electron chi connectivity index (χ2n) is 8.82. The van der Waals surface area contributed by atoms with Gasteiger partial charge in [-0.15, -0.1) is 0 Å². The Hall–Kier alpha value is -2.52. The van der Waals surface area contributed by atoms with Crippen molar-refractivity contribution < 1.29 is 18.7 Å². The number of nitrogens with one attached hydrogen (secondary N) is 1. The monoisotopic (exact) mass is 591 g/mol. The van der Waals surface area contributed by atoms with Gasteiger partial charge in [0, 0.05) is 27.2 Å². The zero-order valence-electron chi connectivity index (χ0n) is 19.1. The van der Waals surface area contributed by atoms with E-state index < -0.39 is 23.5 Å². The summed E-state index contributed by atoms with van der Waals surface area (Å²) in [6.07, 6.45) is 3.13. The Bertz CT molecular complexity index is 1340. The fourth-order valence-corrected chi connectivity index (χ4v) is 5.25. The fraction of sp³-hybridized carbons (Fsp3) is 0.269. The zero-order valence-corrected chi connectivity index (χ0v) is 22.2. The van der Waals surface area contributed by atoms with Gasteiger partial charge in [-0.25, -0.2) is 4.39 Å². The van der Waals surface area contributed by atoms with Gasteiger partial charge in [0.15, 0.2) is 0 Å². The molecule has 6 nitrogen and oxygen atoms in total. The first kappa shape index (κ1) is 25.1. The van der Waals surface area contributed by atoms with Gasteiger partial charge < -0.3 is 10.1 Å². The van der Waals surface area contributed by atoms with Crippen molar-refractivity contribution in [3.05, 3.63) is 97.4 Å². The van der Waals surface area contributed by atoms with E-state index in [-0.39, 0.29) is 29.7 Å². The first-order valence-corrected chi connectivity index (χ1v) is 12.9. The number of pyridine rings is 1. The molecule has 1 fully saturated rings. The van der Waals surface area contributed by atoms with Crippen LogP contribution in [0.2, 0.25) is 10.0 Å². The minimum Gasteiger partial charge on any atom is -0.333 e. The number of nitrogens with zero attached hydrogens (tertiary/aromatic N) is 2. The highest BCUT2D eigenvalue weighted by Gasteiger charge is 2.56. The van der Waals surface area contributed by atoms with Crippen LogP contribution in [0.5, 0.6) is 0 Å². The fourth-order valence-electron chi connectivity index (χ4n) is 4.58. The largest absolute Gasteiger partial charge is 0.333 e. The number of hydrogen-bond acceptors (Lipinski definition) is 4. The average molecular weight is 593 g/mol. The molecule has 1 N–H and O–H groups in total. The summed E-state index contributed by atoms with van der Waals surface area (Å²) in [5.41, 5.74) is -0.504. The topological polar surface area (TPSA) is 71.5 Å². The highest BCUT2D eigenvalue weighted by Crippen LogP contribution is 2.50. The van der Waals surface area contributed by atoms with E-state index in [4.69, 9.17) is 27.9 Å². The maximum absolute atomic E-state index is 15.8. The molecule has 3 aromatic rings. The Morgan fingerprint density at radius 3 is 2.56 bits per heavy atom. The van der Waals surface area contributed by atoms with Crippen molar-refractivity contribution in [3.63, 3.8) is 0 Å². The summed E-state index contributed by atoms with van der Waals surface area (Å²) < 4.78 is 22.6. The minimum absolute atomic E-state index is 0.0430. The number of hydrogen-bond donors (Lipinski definition) is 1. The van der Waals surface area contributed by atoms with Gasteiger partial charge in [0.2, 0.25) is 11.6 Å². The number of amides is 2. The third-order valence-electron chi connectivity index (χ3n) is 6.46. The number of ether oxygens (including phenoxy) is 1. The molecule has 2 heterocycles. The zero-order chi connectivity index (χ0) is 25.6. The molecule has 36 heavy (non-hydrogen) atoms. The van der Waals surface area contributed by atoms with Crippen LogP contribution in [0, 0.1) is 11.7 Å². The minimum atomic E-state index is -1.71. The van der Waals surface area contributed by atoms with Crippen LogP contribution in [0.15, 0.2) is 59.2 Å². The number of rotatable bonds is 7. The molecule has 2 amide bonds. The van der Waals surface area contributed by atoms with E-state index in [2.05, 4.69) is 26.2 Å². The number of aromatic nitrogens is 1. The van der Waals surface area contributed by atoms with Gasteiger partial charge in [0.25, 0.3) is 5.91 Å². The molecular formula is C26H21BrCl2FN3O3. The lowest BCUT2D eigenvalue weighted by atomic mass is 9.92. The first-order chi connectivity index (χ1) is 17.2. The molecule has 0 unspecified atom stereocenters. The van der Waals surface area contributed by atoms with Crippen LogP contribution in [0.4, 0.5) is 4.39 Å². The molecule has 5 rings (SSSR count). The van der Waals surface area contributed by atoms with Crippen molar-refractivity contribution in [1.82, 2.24) is 15.2 Å². The predicted octanol–water partition coefficient (Wildman–Crippen LogP) is 6.21. The second kappa shape index (κ2) is 9.74. The van der Waals surface area contributed by atoms with Gasteiger partial charge in [-0.3, -0.25) is 19.5 Å². The molecule has 0 radical (unpaired) electrons. The van der Waals surface area contributed by atoms with Gasteiger partial charge >= 0.3 is 0 Å². The number of benzene rings is 2. The molecular weight excluding hydrogens is 572 g/mol. The normalized spacial score (nSPS) is 19.8. The third kappa shape index (κ3) is 4.41. The summed E-state index contributed by atoms with van der Waals surface area (Å²) in [5.74, 6) is -1.26. The van der Waals surface area contributed by atoms with E-state index in [9.17, 15) is 9.59 Å². The lowest BCUT2D eigenvalue weighted by molar-refractivity contribution is -0.141. The van der Waals surface area contributed by atoms with E-state index in [1.54, 1.807) is 49.4 Å². The molecule has 2 atom stereocenters. The van der Waals surface area contributed by atoms with Crippen molar-refractivity contribution in [2.24, 2.45) is 5.92 Å². The molecule has 0 bridgehead atoms. The number of carbonyl (C=O) groups excluding carboxylic acids is 2. The summed E-state index contributed by atoms with van der Waals surface area (Å²) >= 11 is 15.5. The van der Waals surface area contributed by atoms with Crippen LogP contribution in [0.25, 0.3) is 0 Å². The molecule has 0 saturated heterocycles. The Morgan fingerprint density at radius 2 is 1.92 bits per heavy atom. The molecule has 1 aliphatic heterocycles. The smallest absolute Gasteiger partial charge is 0.257 e. The van der Waals surface area contributed by atoms with Crippen LogP contribution in [0.1, 0.15) is 53.0 Å². The quantitative estimate of drug-likeness (QED) is 0.331. The SMILES string of the molecule is C[C@@H](c1ccc(Cl)cn1)N1C(=O)c2cc(Br)cc(F)c2[C@]1(OCNC(=O)C1CC1)c1ccc(Cl)cc1. The Morgan fingerprint density at radius 1 is 1.22 bits per heavy atom. The Kier molecular flexibility index (Phi) is 6.80. The molecule has 10 heteroatoms. The van der Waals surface area contributed by atoms with Gasteiger partial charge in [-0.2, -0.15) is 0 Å². The Balaban J connectivity index is 1.69. The average Bonchev–Trinajstić information content (AvgIpc) is 3.66. The van der Waals surface area contributed by atoms with E-state index in [0.717, 1.165) is 12.8 Å². The number of carbonyl (C=O) groups is 2. The standard InChI is InChI=1S/C26H21BrCl2FN3O3/c1-14(22-9-8-19(29)12-31-22)33-25(35)20-10-17(27)11-21(30)23(20)26(33,16-4-6-18(28)7-5-16)36-13-32-24(34)15-2-3-15/h4-12,14-15H,2-3,13H2,1H3,(H,32,34)/t14-,26+/m0/s1. The predicted molar refractivity (Wildman–Crippen MR) is 137 cm³/mol. The van der Waals surface area contributed by atoms with Crippen molar-refractivity contribution in [2.75, 3.05) is 6.73 Å². The summed E-state index contributed by atoms with van der Waals surface area (Å²) in [5, 5.41) is 3.68. The molecule has 1 aromatic heterocycles. The lowest BCUT2D eigenvalue weighted by Crippen LogP contribution is -2.50. The second-order valence-corrected chi connectivity index (χ2v) is 10.6. The van der Waals surface area contributed by atoms with Gasteiger partial charge in [-0.05, 0) is 56.2 Å². The molecule has 0 spiro atoms. The van der Waals surface area contributed by atoms with Crippen molar-refractivity contribution in [1.29, 1.82) is 0 Å². The maximum Gasteiger partial charge on any atom is 0.257 e. The summed E-state index contributed by atoms with van der Waals surface area (Å²) in [6, 6.07) is 12.2. The van der Waals surface area contributed by atoms with Crippen molar-refractivity contribution in [3.8, 4) is 0 Å². The molecule has 186 valence electrons. The molecule has 1 saturated carbocycles. The van der Waals surface area contributed by atoms with E-state index in [1.807, 2.05) is 0 Å². The van der Waals surface area contributed by atoms with Crippen molar-refractivity contribution in [2.45, 2.75) is 31.5 Å². The first-order valence-electron chi connectivity index (χ1n) is 11.3. The number of fused-ring (bicyclic) bond motifs is 1. The summed E-state index contributed by atoms with van der Waals surface area (Å²) in [6.45, 7) is 1.54. The number of halogens is 4. The lowest BCUT2D eigenvalue weighted by Gasteiger charge is -2.42. The summed E-state index contributed by atoms with van der Waals surface area (Å²) in [4.78, 5) is 32.2. The van der Waals surface area contributed by atoms with E-state index >= 15 is 4.39 Å². The van der Waals surface area contributed by atoms with Gasteiger partial charge in [-0.1, -0.05) is 51.3 Å².